The molecule has 2 N–H and O–H groups in total. The van der Waals surface area contributed by atoms with Crippen LogP contribution in [0, 0.1) is 0 Å². The van der Waals surface area contributed by atoms with Gasteiger partial charge < -0.3 is 10.4 Å². The lowest BCUT2D eigenvalue weighted by atomic mass is 10.1. The first-order valence-electron chi connectivity index (χ1n) is 6.34. The first-order valence-corrected chi connectivity index (χ1v) is 6.72. The molecule has 0 saturated carbocycles. The fourth-order valence-corrected chi connectivity index (χ4v) is 2.73. The summed E-state index contributed by atoms with van der Waals surface area (Å²) < 4.78 is 0. The van der Waals surface area contributed by atoms with Crippen LogP contribution in [-0.2, 0) is 6.42 Å². The minimum absolute atomic E-state index is 0.158. The van der Waals surface area contributed by atoms with E-state index < -0.39 is 12.1 Å². The smallest absolute Gasteiger partial charge is 0.254 e. The highest BCUT2D eigenvalue weighted by Crippen LogP contribution is 2.31. The second-order valence-corrected chi connectivity index (χ2v) is 5.12. The molecule has 1 heterocycles. The Hall–Kier alpha value is -1.91. The topological polar surface area (TPSA) is 62.2 Å². The molecule has 1 aromatic carbocycles. The van der Waals surface area contributed by atoms with E-state index in [2.05, 4.69) is 10.3 Å². The van der Waals surface area contributed by atoms with Gasteiger partial charge in [0.25, 0.3) is 5.91 Å². The lowest BCUT2D eigenvalue weighted by molar-refractivity contribution is 0.0858. The molecule has 4 nitrogen and oxygen atoms in total. The van der Waals surface area contributed by atoms with Gasteiger partial charge in [0.1, 0.15) is 5.15 Å². The predicted octanol–water partition coefficient (Wildman–Crippen LogP) is 2.12. The fraction of sp³-hybridized carbons (Fsp3) is 0.200. The number of fused-ring (bicyclic) bond motifs is 1. The van der Waals surface area contributed by atoms with E-state index in [1.807, 2.05) is 24.3 Å². The average molecular weight is 289 g/mol. The summed E-state index contributed by atoms with van der Waals surface area (Å²) in [5.41, 5.74) is 2.32. The summed E-state index contributed by atoms with van der Waals surface area (Å²) in [6, 6.07) is 10.6. The molecule has 0 saturated heterocycles. The highest BCUT2D eigenvalue weighted by Gasteiger charge is 2.32. The van der Waals surface area contributed by atoms with Gasteiger partial charge in [0.15, 0.2) is 0 Å². The third-order valence-electron chi connectivity index (χ3n) is 3.49. The Kier molecular flexibility index (Phi) is 3.42. The molecule has 2 aromatic rings. The molecule has 1 amide bonds. The van der Waals surface area contributed by atoms with Gasteiger partial charge in [-0.1, -0.05) is 35.9 Å². The van der Waals surface area contributed by atoms with Crippen LogP contribution in [0.2, 0.25) is 5.15 Å². The maximum absolute atomic E-state index is 12.2. The number of halogens is 1. The van der Waals surface area contributed by atoms with E-state index in [1.165, 1.54) is 6.20 Å². The summed E-state index contributed by atoms with van der Waals surface area (Å²) in [6.45, 7) is 0. The van der Waals surface area contributed by atoms with Gasteiger partial charge in [0.05, 0.1) is 17.7 Å². The third kappa shape index (κ3) is 2.28. The number of aliphatic hydroxyl groups is 1. The first kappa shape index (κ1) is 13.1. The Labute approximate surface area is 121 Å². The zero-order chi connectivity index (χ0) is 14.1. The average Bonchev–Trinajstić information content (AvgIpc) is 2.76. The number of amides is 1. The van der Waals surface area contributed by atoms with Crippen LogP contribution < -0.4 is 5.32 Å². The number of hydrogen-bond donors (Lipinski definition) is 2. The minimum atomic E-state index is -0.619. The molecule has 0 spiro atoms. The number of pyridine rings is 1. The summed E-state index contributed by atoms with van der Waals surface area (Å²) in [6.07, 6.45) is 1.45. The molecule has 3 rings (SSSR count). The summed E-state index contributed by atoms with van der Waals surface area (Å²) >= 11 is 5.91. The van der Waals surface area contributed by atoms with Crippen molar-refractivity contribution in [3.8, 4) is 0 Å². The van der Waals surface area contributed by atoms with Crippen molar-refractivity contribution in [3.63, 3.8) is 0 Å². The number of hydrogen-bond acceptors (Lipinski definition) is 3. The lowest BCUT2D eigenvalue weighted by Gasteiger charge is -2.18. The molecule has 0 aliphatic heterocycles. The summed E-state index contributed by atoms with van der Waals surface area (Å²) in [4.78, 5) is 16.1. The van der Waals surface area contributed by atoms with Crippen molar-refractivity contribution in [3.05, 3.63) is 64.4 Å². The van der Waals surface area contributed by atoms with Crippen LogP contribution >= 0.6 is 11.6 Å². The van der Waals surface area contributed by atoms with Crippen LogP contribution in [0.25, 0.3) is 0 Å². The standard InChI is InChI=1S/C15H13ClN2O2/c16-14-11(6-3-7-17-14)15(20)18-13-10-5-2-1-4-9(10)8-12(13)19/h1-7,12-13,19H,8H2,(H,18,20)/t12-,13+/m0/s1. The molecule has 1 aromatic heterocycles. The van der Waals surface area contributed by atoms with Crippen LogP contribution in [0.4, 0.5) is 0 Å². The number of carbonyl (C=O) groups excluding carboxylic acids is 1. The lowest BCUT2D eigenvalue weighted by Crippen LogP contribution is -2.34. The summed E-state index contributed by atoms with van der Waals surface area (Å²) in [5.74, 6) is -0.330. The second kappa shape index (κ2) is 5.23. The normalized spacial score (nSPS) is 20.5. The minimum Gasteiger partial charge on any atom is -0.390 e. The van der Waals surface area contributed by atoms with E-state index in [4.69, 9.17) is 11.6 Å². The van der Waals surface area contributed by atoms with Gasteiger partial charge in [-0.2, -0.15) is 0 Å². The molecule has 0 radical (unpaired) electrons. The van der Waals surface area contributed by atoms with Crippen molar-refractivity contribution in [1.29, 1.82) is 0 Å². The molecule has 0 unspecified atom stereocenters. The van der Waals surface area contributed by atoms with E-state index in [-0.39, 0.29) is 11.1 Å². The zero-order valence-corrected chi connectivity index (χ0v) is 11.3. The Morgan fingerprint density at radius 2 is 2.10 bits per heavy atom. The van der Waals surface area contributed by atoms with Gasteiger partial charge >= 0.3 is 0 Å². The number of carbonyl (C=O) groups is 1. The molecule has 102 valence electrons. The molecule has 0 fully saturated rings. The largest absolute Gasteiger partial charge is 0.390 e. The number of rotatable bonds is 2. The van der Waals surface area contributed by atoms with Crippen molar-refractivity contribution in [1.82, 2.24) is 10.3 Å². The number of aliphatic hydroxyl groups excluding tert-OH is 1. The molecular formula is C15H13ClN2O2. The van der Waals surface area contributed by atoms with E-state index in [1.54, 1.807) is 12.1 Å². The van der Waals surface area contributed by atoms with Crippen molar-refractivity contribution < 1.29 is 9.90 Å². The van der Waals surface area contributed by atoms with Gasteiger partial charge in [0.2, 0.25) is 0 Å². The maximum Gasteiger partial charge on any atom is 0.254 e. The van der Waals surface area contributed by atoms with Crippen LogP contribution in [0.1, 0.15) is 27.5 Å². The maximum atomic E-state index is 12.2. The monoisotopic (exact) mass is 288 g/mol. The molecule has 20 heavy (non-hydrogen) atoms. The zero-order valence-electron chi connectivity index (χ0n) is 10.6. The highest BCUT2D eigenvalue weighted by atomic mass is 35.5. The van der Waals surface area contributed by atoms with Crippen LogP contribution in [-0.4, -0.2) is 22.1 Å². The Bertz CT molecular complexity index is 660. The number of nitrogens with one attached hydrogen (secondary N) is 1. The predicted molar refractivity (Wildman–Crippen MR) is 75.6 cm³/mol. The molecule has 2 atom stereocenters. The SMILES string of the molecule is O=C(N[C@@H]1c2ccccc2C[C@@H]1O)c1cccnc1Cl. The molecular weight excluding hydrogens is 276 g/mol. The van der Waals surface area contributed by atoms with Crippen LogP contribution in [0.3, 0.4) is 0 Å². The second-order valence-electron chi connectivity index (χ2n) is 4.76. The first-order chi connectivity index (χ1) is 9.66. The number of benzene rings is 1. The molecule has 1 aliphatic rings. The van der Waals surface area contributed by atoms with Gasteiger partial charge in [-0.25, -0.2) is 4.98 Å². The van der Waals surface area contributed by atoms with E-state index in [0.717, 1.165) is 11.1 Å². The van der Waals surface area contributed by atoms with Crippen molar-refractivity contribution in [2.75, 3.05) is 0 Å². The van der Waals surface area contributed by atoms with Gasteiger partial charge in [-0.15, -0.1) is 0 Å². The molecule has 1 aliphatic carbocycles. The van der Waals surface area contributed by atoms with Gasteiger partial charge in [0, 0.05) is 12.6 Å². The highest BCUT2D eigenvalue weighted by molar-refractivity contribution is 6.32. The van der Waals surface area contributed by atoms with Crippen molar-refractivity contribution >= 4 is 17.5 Å². The van der Waals surface area contributed by atoms with Crippen LogP contribution in [0.5, 0.6) is 0 Å². The number of aromatic nitrogens is 1. The van der Waals surface area contributed by atoms with Crippen molar-refractivity contribution in [2.45, 2.75) is 18.6 Å². The van der Waals surface area contributed by atoms with E-state index in [0.29, 0.717) is 12.0 Å². The Balaban J connectivity index is 1.85. The fourth-order valence-electron chi connectivity index (χ4n) is 2.52. The van der Waals surface area contributed by atoms with Gasteiger partial charge in [-0.05, 0) is 23.3 Å². The third-order valence-corrected chi connectivity index (χ3v) is 3.80. The summed E-state index contributed by atoms with van der Waals surface area (Å²) in [5, 5.41) is 13.1. The Morgan fingerprint density at radius 3 is 2.90 bits per heavy atom. The van der Waals surface area contributed by atoms with Crippen LogP contribution in [0.15, 0.2) is 42.6 Å². The van der Waals surface area contributed by atoms with E-state index in [9.17, 15) is 9.90 Å². The molecule has 5 heteroatoms. The van der Waals surface area contributed by atoms with Gasteiger partial charge in [-0.3, -0.25) is 4.79 Å². The summed E-state index contributed by atoms with van der Waals surface area (Å²) in [7, 11) is 0. The quantitative estimate of drug-likeness (QED) is 0.832. The molecule has 0 bridgehead atoms. The van der Waals surface area contributed by atoms with Crippen molar-refractivity contribution in [2.24, 2.45) is 0 Å². The number of nitrogens with zero attached hydrogens (tertiary/aromatic N) is 1. The van der Waals surface area contributed by atoms with E-state index >= 15 is 0 Å². The Morgan fingerprint density at radius 1 is 1.30 bits per heavy atom.